The average molecular weight is 257 g/mol. The maximum Gasteiger partial charge on any atom is 0.261 e. The normalized spacial score (nSPS) is 10.8. The van der Waals surface area contributed by atoms with E-state index >= 15 is 0 Å². The molecule has 1 heterocycles. The molecule has 1 aromatic heterocycles. The van der Waals surface area contributed by atoms with Crippen LogP contribution in [0.5, 0.6) is 0 Å². The van der Waals surface area contributed by atoms with Crippen LogP contribution >= 0.6 is 15.9 Å². The molecular weight excluding hydrogens is 251 g/mol. The summed E-state index contributed by atoms with van der Waals surface area (Å²) in [5.41, 5.74) is 0.168. The fraction of sp³-hybridized carbons (Fsp3) is 0.111. The summed E-state index contributed by atoms with van der Waals surface area (Å²) in [5, 5.41) is 0.414. The first kappa shape index (κ1) is 9.33. The molecule has 0 N–H and O–H groups in total. The molecule has 2 aromatic rings. The summed E-state index contributed by atoms with van der Waals surface area (Å²) in [5.74, 6) is -0.398. The lowest BCUT2D eigenvalue weighted by Crippen LogP contribution is -2.18. The Morgan fingerprint density at radius 2 is 2.21 bits per heavy atom. The van der Waals surface area contributed by atoms with E-state index < -0.39 is 5.82 Å². The highest BCUT2D eigenvalue weighted by atomic mass is 79.9. The number of fused-ring (bicyclic) bond motifs is 1. The van der Waals surface area contributed by atoms with E-state index in [0.717, 1.165) is 0 Å². The predicted octanol–water partition coefficient (Wildman–Crippen LogP) is 1.84. The van der Waals surface area contributed by atoms with Crippen LogP contribution in [0.15, 0.2) is 27.7 Å². The van der Waals surface area contributed by atoms with Crippen molar-refractivity contribution in [1.82, 2.24) is 9.55 Å². The first-order chi connectivity index (χ1) is 6.59. The summed E-state index contributed by atoms with van der Waals surface area (Å²) in [6.45, 7) is 0. The molecule has 5 heteroatoms. The van der Waals surface area contributed by atoms with Crippen LogP contribution < -0.4 is 5.56 Å². The van der Waals surface area contributed by atoms with Crippen molar-refractivity contribution < 1.29 is 4.39 Å². The molecule has 0 radical (unpaired) electrons. The van der Waals surface area contributed by atoms with Gasteiger partial charge in [0.05, 0.1) is 10.9 Å². The summed E-state index contributed by atoms with van der Waals surface area (Å²) in [6.07, 6.45) is 0. The van der Waals surface area contributed by atoms with E-state index in [4.69, 9.17) is 0 Å². The lowest BCUT2D eigenvalue weighted by Gasteiger charge is -2.02. The highest BCUT2D eigenvalue weighted by molar-refractivity contribution is 9.10. The third kappa shape index (κ3) is 1.33. The fourth-order valence-electron chi connectivity index (χ4n) is 1.22. The third-order valence-corrected chi connectivity index (χ3v) is 2.69. The molecule has 0 saturated carbocycles. The maximum atomic E-state index is 12.8. The van der Waals surface area contributed by atoms with Gasteiger partial charge in [0.1, 0.15) is 5.82 Å². The van der Waals surface area contributed by atoms with E-state index in [-0.39, 0.29) is 5.56 Å². The molecule has 1 aromatic carbocycles. The minimum atomic E-state index is -0.398. The molecule has 0 aliphatic heterocycles. The number of benzene rings is 1. The molecule has 0 bridgehead atoms. The first-order valence-corrected chi connectivity index (χ1v) is 4.70. The molecule has 0 atom stereocenters. The molecule has 0 aliphatic rings. The van der Waals surface area contributed by atoms with E-state index in [9.17, 15) is 9.18 Å². The van der Waals surface area contributed by atoms with Gasteiger partial charge < -0.3 is 0 Å². The van der Waals surface area contributed by atoms with Crippen molar-refractivity contribution in [3.8, 4) is 0 Å². The van der Waals surface area contributed by atoms with Crippen LogP contribution in [0, 0.1) is 5.82 Å². The minimum Gasteiger partial charge on any atom is -0.290 e. The van der Waals surface area contributed by atoms with Crippen LogP contribution in [0.25, 0.3) is 10.9 Å². The number of hydrogen-bond acceptors (Lipinski definition) is 2. The molecule has 0 fully saturated rings. The Bertz CT molecular complexity index is 564. The summed E-state index contributed by atoms with van der Waals surface area (Å²) in [4.78, 5) is 15.7. The van der Waals surface area contributed by atoms with Crippen molar-refractivity contribution in [2.45, 2.75) is 0 Å². The average Bonchev–Trinajstić information content (AvgIpc) is 2.14. The van der Waals surface area contributed by atoms with Gasteiger partial charge >= 0.3 is 0 Å². The number of hydrogen-bond donors (Lipinski definition) is 0. The van der Waals surface area contributed by atoms with Gasteiger partial charge in [0, 0.05) is 13.1 Å². The Morgan fingerprint density at radius 3 is 2.93 bits per heavy atom. The molecule has 0 spiro atoms. The van der Waals surface area contributed by atoms with Crippen LogP contribution in [-0.2, 0) is 7.05 Å². The molecule has 0 saturated heterocycles. The fourth-order valence-corrected chi connectivity index (χ4v) is 1.57. The molecule has 0 aliphatic carbocycles. The van der Waals surface area contributed by atoms with Crippen molar-refractivity contribution in [3.05, 3.63) is 39.1 Å². The molecule has 3 nitrogen and oxygen atoms in total. The Balaban J connectivity index is 2.98. The Hall–Kier alpha value is -1.23. The number of nitrogens with zero attached hydrogens (tertiary/aromatic N) is 2. The standard InChI is InChI=1S/C9H6BrFN2O/c1-13-8(14)6-3-2-5(11)4-7(6)12-9(13)10/h2-4H,1H3. The van der Waals surface area contributed by atoms with Gasteiger partial charge in [-0.3, -0.25) is 9.36 Å². The number of rotatable bonds is 0. The smallest absolute Gasteiger partial charge is 0.261 e. The second kappa shape index (κ2) is 3.16. The van der Waals surface area contributed by atoms with E-state index in [2.05, 4.69) is 20.9 Å². The van der Waals surface area contributed by atoms with Gasteiger partial charge in [0.15, 0.2) is 4.73 Å². The quantitative estimate of drug-likeness (QED) is 0.675. The largest absolute Gasteiger partial charge is 0.290 e. The molecule has 14 heavy (non-hydrogen) atoms. The van der Waals surface area contributed by atoms with Gasteiger partial charge in [-0.1, -0.05) is 0 Å². The van der Waals surface area contributed by atoms with Gasteiger partial charge in [-0.2, -0.15) is 0 Å². The molecule has 0 unspecified atom stereocenters. The Kier molecular flexibility index (Phi) is 2.11. The van der Waals surface area contributed by atoms with Crippen LogP contribution in [0.2, 0.25) is 0 Å². The van der Waals surface area contributed by atoms with Gasteiger partial charge in [0.25, 0.3) is 5.56 Å². The molecular formula is C9H6BrFN2O. The lowest BCUT2D eigenvalue weighted by molar-refractivity contribution is 0.629. The monoisotopic (exact) mass is 256 g/mol. The van der Waals surface area contributed by atoms with E-state index in [1.165, 1.54) is 22.8 Å². The topological polar surface area (TPSA) is 34.9 Å². The summed E-state index contributed by atoms with van der Waals surface area (Å²) < 4.78 is 14.6. The van der Waals surface area contributed by atoms with Crippen molar-refractivity contribution in [3.63, 3.8) is 0 Å². The first-order valence-electron chi connectivity index (χ1n) is 3.91. The van der Waals surface area contributed by atoms with Crippen LogP contribution in [0.3, 0.4) is 0 Å². The summed E-state index contributed by atoms with van der Waals surface area (Å²) >= 11 is 3.12. The zero-order valence-corrected chi connectivity index (χ0v) is 8.88. The lowest BCUT2D eigenvalue weighted by atomic mass is 10.2. The zero-order chi connectivity index (χ0) is 10.3. The van der Waals surface area contributed by atoms with Crippen LogP contribution in [0.1, 0.15) is 0 Å². The number of halogens is 2. The Labute approximate surface area is 87.3 Å². The molecule has 0 amide bonds. The highest BCUT2D eigenvalue weighted by Crippen LogP contribution is 2.12. The summed E-state index contributed by atoms with van der Waals surface area (Å²) in [7, 11) is 1.60. The van der Waals surface area contributed by atoms with Gasteiger partial charge in [-0.15, -0.1) is 0 Å². The van der Waals surface area contributed by atoms with Crippen molar-refractivity contribution >= 4 is 26.8 Å². The molecule has 2 rings (SSSR count). The predicted molar refractivity (Wildman–Crippen MR) is 54.6 cm³/mol. The van der Waals surface area contributed by atoms with Crippen molar-refractivity contribution in [2.24, 2.45) is 7.05 Å². The van der Waals surface area contributed by atoms with Crippen LogP contribution in [0.4, 0.5) is 4.39 Å². The molecule has 72 valence electrons. The van der Waals surface area contributed by atoms with Crippen molar-refractivity contribution in [2.75, 3.05) is 0 Å². The van der Waals surface area contributed by atoms with Gasteiger partial charge in [-0.05, 0) is 28.1 Å². The van der Waals surface area contributed by atoms with E-state index in [1.54, 1.807) is 7.05 Å². The van der Waals surface area contributed by atoms with Crippen molar-refractivity contribution in [1.29, 1.82) is 0 Å². The maximum absolute atomic E-state index is 12.8. The van der Waals surface area contributed by atoms with Gasteiger partial charge in [0.2, 0.25) is 0 Å². The second-order valence-electron chi connectivity index (χ2n) is 2.91. The van der Waals surface area contributed by atoms with Crippen LogP contribution in [-0.4, -0.2) is 9.55 Å². The minimum absolute atomic E-state index is 0.193. The van der Waals surface area contributed by atoms with Gasteiger partial charge in [-0.25, -0.2) is 9.37 Å². The highest BCUT2D eigenvalue weighted by Gasteiger charge is 2.06. The summed E-state index contributed by atoms with van der Waals surface area (Å²) in [6, 6.07) is 3.92. The zero-order valence-electron chi connectivity index (χ0n) is 7.29. The van der Waals surface area contributed by atoms with E-state index in [1.807, 2.05) is 0 Å². The van der Waals surface area contributed by atoms with E-state index in [0.29, 0.717) is 15.6 Å². The third-order valence-electron chi connectivity index (χ3n) is 1.98. The SMILES string of the molecule is Cn1c(Br)nc2cc(F)ccc2c1=O. The Morgan fingerprint density at radius 1 is 1.50 bits per heavy atom. The second-order valence-corrected chi connectivity index (χ2v) is 3.62. The number of aromatic nitrogens is 2.